The van der Waals surface area contributed by atoms with E-state index in [4.69, 9.17) is 4.74 Å². The maximum absolute atomic E-state index is 12.2. The molecule has 0 amide bonds. The largest absolute Gasteiger partial charge is 0.573 e. The van der Waals surface area contributed by atoms with Gasteiger partial charge in [-0.15, -0.1) is 37.1 Å². The number of halogens is 4. The number of hydrogen-bond donors (Lipinski definition) is 3. The Labute approximate surface area is 186 Å². The Balaban J connectivity index is 0.00000420. The van der Waals surface area contributed by atoms with Crippen LogP contribution >= 0.6 is 24.0 Å². The van der Waals surface area contributed by atoms with Gasteiger partial charge in [-0.05, 0) is 43.9 Å². The molecular weight excluding hydrogens is 502 g/mol. The molecule has 0 aromatic heterocycles. The van der Waals surface area contributed by atoms with Gasteiger partial charge < -0.3 is 25.2 Å². The van der Waals surface area contributed by atoms with E-state index in [1.54, 1.807) is 12.1 Å². The second-order valence-corrected chi connectivity index (χ2v) is 6.68. The number of alkyl halides is 3. The second kappa shape index (κ2) is 13.1. The van der Waals surface area contributed by atoms with E-state index in [-0.39, 0.29) is 48.4 Å². The van der Waals surface area contributed by atoms with E-state index >= 15 is 0 Å². The lowest BCUT2D eigenvalue weighted by Gasteiger charge is -2.17. The summed E-state index contributed by atoms with van der Waals surface area (Å²) >= 11 is 0. The first-order valence-corrected chi connectivity index (χ1v) is 9.49. The van der Waals surface area contributed by atoms with Gasteiger partial charge >= 0.3 is 6.36 Å². The van der Waals surface area contributed by atoms with Crippen LogP contribution in [0.3, 0.4) is 0 Å². The van der Waals surface area contributed by atoms with Gasteiger partial charge in [0.05, 0.1) is 6.10 Å². The van der Waals surface area contributed by atoms with Gasteiger partial charge in [-0.25, -0.2) is 0 Å². The maximum atomic E-state index is 12.2. The molecule has 29 heavy (non-hydrogen) atoms. The lowest BCUT2D eigenvalue weighted by atomic mass is 10.0. The molecule has 2 unspecified atom stereocenters. The zero-order valence-electron chi connectivity index (χ0n) is 16.4. The summed E-state index contributed by atoms with van der Waals surface area (Å²) < 4.78 is 46.1. The number of nitrogens with one attached hydrogen (secondary N) is 2. The molecule has 166 valence electrons. The van der Waals surface area contributed by atoms with Gasteiger partial charge in [-0.1, -0.05) is 12.1 Å². The van der Waals surface area contributed by atoms with Gasteiger partial charge in [0.25, 0.3) is 0 Å². The van der Waals surface area contributed by atoms with E-state index in [1.807, 2.05) is 6.92 Å². The fourth-order valence-electron chi connectivity index (χ4n) is 2.93. The maximum Gasteiger partial charge on any atom is 0.573 e. The number of aliphatic hydroxyl groups excluding tert-OH is 1. The number of hydrogen-bond acceptors (Lipinski definition) is 4. The quantitative estimate of drug-likeness (QED) is 0.260. The number of benzene rings is 1. The minimum Gasteiger partial charge on any atom is -0.406 e. The van der Waals surface area contributed by atoms with Crippen LogP contribution < -0.4 is 15.4 Å². The highest BCUT2D eigenvalue weighted by Gasteiger charge is 2.31. The number of aliphatic hydroxyl groups is 1. The van der Waals surface area contributed by atoms with Crippen LogP contribution in [0.2, 0.25) is 0 Å². The predicted molar refractivity (Wildman–Crippen MR) is 116 cm³/mol. The van der Waals surface area contributed by atoms with E-state index in [1.165, 1.54) is 12.1 Å². The molecule has 2 rings (SSSR count). The minimum absolute atomic E-state index is 0. The van der Waals surface area contributed by atoms with Gasteiger partial charge in [0, 0.05) is 38.8 Å². The van der Waals surface area contributed by atoms with E-state index in [0.717, 1.165) is 25.0 Å². The van der Waals surface area contributed by atoms with Crippen molar-refractivity contribution in [2.45, 2.75) is 38.7 Å². The molecule has 1 heterocycles. The summed E-state index contributed by atoms with van der Waals surface area (Å²) in [5.41, 5.74) is 0.807. The zero-order chi connectivity index (χ0) is 20.4. The van der Waals surface area contributed by atoms with E-state index in [2.05, 4.69) is 20.4 Å². The first-order valence-electron chi connectivity index (χ1n) is 9.49. The monoisotopic (exact) mass is 531 g/mol. The lowest BCUT2D eigenvalue weighted by Crippen LogP contribution is -2.41. The van der Waals surface area contributed by atoms with E-state index in [9.17, 15) is 18.3 Å². The van der Waals surface area contributed by atoms with Crippen LogP contribution in [0, 0.1) is 5.92 Å². The fourth-order valence-corrected chi connectivity index (χ4v) is 2.93. The third-order valence-electron chi connectivity index (χ3n) is 4.31. The van der Waals surface area contributed by atoms with Crippen molar-refractivity contribution in [3.05, 3.63) is 29.8 Å². The molecule has 0 aliphatic carbocycles. The smallest absolute Gasteiger partial charge is 0.406 e. The van der Waals surface area contributed by atoms with Crippen molar-refractivity contribution < 1.29 is 27.8 Å². The van der Waals surface area contributed by atoms with Crippen LogP contribution in [0.5, 0.6) is 5.75 Å². The summed E-state index contributed by atoms with van der Waals surface area (Å²) in [6, 6.07) is 5.67. The molecule has 1 aromatic carbocycles. The molecule has 3 N–H and O–H groups in total. The van der Waals surface area contributed by atoms with Crippen LogP contribution in [0.15, 0.2) is 29.3 Å². The van der Waals surface area contributed by atoms with Gasteiger partial charge in [-0.2, -0.15) is 0 Å². The second-order valence-electron chi connectivity index (χ2n) is 6.68. The molecule has 0 bridgehead atoms. The number of guanidine groups is 1. The van der Waals surface area contributed by atoms with Crippen molar-refractivity contribution in [1.82, 2.24) is 10.6 Å². The summed E-state index contributed by atoms with van der Waals surface area (Å²) in [4.78, 5) is 4.51. The summed E-state index contributed by atoms with van der Waals surface area (Å²) in [7, 11) is 0. The fraction of sp³-hybridized carbons (Fsp3) is 0.632. The summed E-state index contributed by atoms with van der Waals surface area (Å²) in [6.45, 7) is 4.46. The molecule has 0 radical (unpaired) electrons. The average Bonchev–Trinajstić information content (AvgIpc) is 3.16. The molecule has 1 saturated heterocycles. The first-order chi connectivity index (χ1) is 13.4. The first kappa shape index (κ1) is 25.8. The molecule has 6 nitrogen and oxygen atoms in total. The highest BCUT2D eigenvalue weighted by molar-refractivity contribution is 14.0. The molecule has 0 saturated carbocycles. The summed E-state index contributed by atoms with van der Waals surface area (Å²) in [5, 5.41) is 16.0. The Hall–Kier alpha value is -1.27. The van der Waals surface area contributed by atoms with Gasteiger partial charge in [0.15, 0.2) is 5.96 Å². The number of aliphatic imine (C=N–C) groups is 1. The van der Waals surface area contributed by atoms with E-state index < -0.39 is 6.36 Å². The normalized spacial score (nSPS) is 18.1. The van der Waals surface area contributed by atoms with Crippen LogP contribution in [0.4, 0.5) is 13.2 Å². The summed E-state index contributed by atoms with van der Waals surface area (Å²) in [6.07, 6.45) is -1.92. The third-order valence-corrected chi connectivity index (χ3v) is 4.31. The van der Waals surface area contributed by atoms with Gasteiger partial charge in [0.2, 0.25) is 0 Å². The van der Waals surface area contributed by atoms with Crippen LogP contribution in [-0.2, 0) is 11.2 Å². The van der Waals surface area contributed by atoms with Gasteiger partial charge in [0.1, 0.15) is 5.75 Å². The van der Waals surface area contributed by atoms with Crippen molar-refractivity contribution in [2.24, 2.45) is 10.9 Å². The predicted octanol–water partition coefficient (Wildman–Crippen LogP) is 3.09. The van der Waals surface area contributed by atoms with Gasteiger partial charge in [-0.3, -0.25) is 4.99 Å². The highest BCUT2D eigenvalue weighted by atomic mass is 127. The molecule has 10 heteroatoms. The average molecular weight is 531 g/mol. The molecule has 0 spiro atoms. The molecule has 1 aromatic rings. The standard InChI is InChI=1S/C19H28F3N3O3.HI/c1-2-23-18(25-12-17-4-3-9-27-17)24-11-15(13-26)10-14-5-7-16(8-6-14)28-19(20,21)22;/h5-8,15,17,26H,2-4,9-13H2,1H3,(H2,23,24,25);1H. The summed E-state index contributed by atoms with van der Waals surface area (Å²) in [5.74, 6) is 0.250. The highest BCUT2D eigenvalue weighted by Crippen LogP contribution is 2.23. The Morgan fingerprint density at radius 3 is 2.59 bits per heavy atom. The Bertz CT molecular complexity index is 609. The van der Waals surface area contributed by atoms with Crippen molar-refractivity contribution in [3.63, 3.8) is 0 Å². The topological polar surface area (TPSA) is 75.1 Å². The Morgan fingerprint density at radius 1 is 1.31 bits per heavy atom. The van der Waals surface area contributed by atoms with Crippen molar-refractivity contribution in [1.29, 1.82) is 0 Å². The van der Waals surface area contributed by atoms with Crippen LogP contribution in [0.25, 0.3) is 0 Å². The SMILES string of the molecule is CCNC(=NCC(CO)Cc1ccc(OC(F)(F)F)cc1)NCC1CCCO1.I. The molecule has 1 aliphatic rings. The number of rotatable bonds is 9. The molecule has 1 fully saturated rings. The van der Waals surface area contributed by atoms with Crippen molar-refractivity contribution in [2.75, 3.05) is 32.8 Å². The van der Waals surface area contributed by atoms with Crippen molar-refractivity contribution >= 4 is 29.9 Å². The number of nitrogens with zero attached hydrogens (tertiary/aromatic N) is 1. The third kappa shape index (κ3) is 10.4. The van der Waals surface area contributed by atoms with Crippen LogP contribution in [0.1, 0.15) is 25.3 Å². The Kier molecular flexibility index (Phi) is 11.7. The minimum atomic E-state index is -4.71. The van der Waals surface area contributed by atoms with E-state index in [0.29, 0.717) is 32.0 Å². The van der Waals surface area contributed by atoms with Crippen molar-refractivity contribution in [3.8, 4) is 5.75 Å². The Morgan fingerprint density at radius 2 is 2.03 bits per heavy atom. The lowest BCUT2D eigenvalue weighted by molar-refractivity contribution is -0.274. The number of ether oxygens (including phenoxy) is 2. The molecule has 1 aliphatic heterocycles. The zero-order valence-corrected chi connectivity index (χ0v) is 18.7. The molecular formula is C19H29F3IN3O3. The molecule has 2 atom stereocenters. The van der Waals surface area contributed by atoms with Crippen LogP contribution in [-0.4, -0.2) is 56.4 Å².